The molecule has 4 rings (SSSR count). The summed E-state index contributed by atoms with van der Waals surface area (Å²) in [5.41, 5.74) is 2.60. The lowest BCUT2D eigenvalue weighted by Gasteiger charge is -1.99. The first-order valence-corrected chi connectivity index (χ1v) is 9.33. The zero-order valence-corrected chi connectivity index (χ0v) is 14.2. The van der Waals surface area contributed by atoms with Crippen LogP contribution in [0.5, 0.6) is 0 Å². The normalized spacial score (nSPS) is 13.0. The maximum Gasteiger partial charge on any atom is 0.267 e. The number of anilines is 1. The van der Waals surface area contributed by atoms with Crippen molar-refractivity contribution in [2.24, 2.45) is 0 Å². The molecule has 3 nitrogen and oxygen atoms in total. The number of thiazole rings is 1. The average molecular weight is 340 g/mol. The summed E-state index contributed by atoms with van der Waals surface area (Å²) < 4.78 is 0. The SMILES string of the molecule is O=C(Nc1ncc(Cc2ccccc2)s1)c1cc2c(s1)CCC2. The van der Waals surface area contributed by atoms with Crippen molar-refractivity contribution < 1.29 is 4.79 Å². The van der Waals surface area contributed by atoms with Gasteiger partial charge in [0.25, 0.3) is 5.91 Å². The van der Waals surface area contributed by atoms with Gasteiger partial charge in [0.2, 0.25) is 0 Å². The number of fused-ring (bicyclic) bond motifs is 1. The van der Waals surface area contributed by atoms with Gasteiger partial charge in [-0.05, 0) is 36.5 Å². The lowest BCUT2D eigenvalue weighted by molar-refractivity contribution is 0.103. The molecule has 5 heteroatoms. The Balaban J connectivity index is 1.43. The van der Waals surface area contributed by atoms with E-state index in [1.807, 2.05) is 30.5 Å². The van der Waals surface area contributed by atoms with E-state index >= 15 is 0 Å². The summed E-state index contributed by atoms with van der Waals surface area (Å²) in [7, 11) is 0. The first kappa shape index (κ1) is 14.6. The number of rotatable bonds is 4. The quantitative estimate of drug-likeness (QED) is 0.758. The molecule has 0 spiro atoms. The molecule has 23 heavy (non-hydrogen) atoms. The maximum absolute atomic E-state index is 12.4. The molecule has 1 aliphatic rings. The third kappa shape index (κ3) is 3.21. The van der Waals surface area contributed by atoms with Gasteiger partial charge in [0.15, 0.2) is 5.13 Å². The number of amides is 1. The number of aryl methyl sites for hydroxylation is 2. The fourth-order valence-electron chi connectivity index (χ4n) is 2.84. The van der Waals surface area contributed by atoms with Crippen molar-refractivity contribution >= 4 is 33.7 Å². The van der Waals surface area contributed by atoms with Crippen LogP contribution < -0.4 is 5.32 Å². The number of nitrogens with one attached hydrogen (secondary N) is 1. The maximum atomic E-state index is 12.4. The van der Waals surface area contributed by atoms with E-state index < -0.39 is 0 Å². The Hall–Kier alpha value is -1.98. The Morgan fingerprint density at radius 1 is 1.17 bits per heavy atom. The molecule has 0 radical (unpaired) electrons. The van der Waals surface area contributed by atoms with Crippen molar-refractivity contribution in [1.82, 2.24) is 4.98 Å². The summed E-state index contributed by atoms with van der Waals surface area (Å²) >= 11 is 3.17. The molecule has 1 aliphatic carbocycles. The Labute approximate surface area is 143 Å². The highest BCUT2D eigenvalue weighted by atomic mass is 32.1. The predicted molar refractivity (Wildman–Crippen MR) is 95.7 cm³/mol. The average Bonchev–Trinajstić information content (AvgIpc) is 3.24. The Kier molecular flexibility index (Phi) is 3.97. The van der Waals surface area contributed by atoms with Gasteiger partial charge in [-0.1, -0.05) is 30.3 Å². The second kappa shape index (κ2) is 6.26. The molecule has 3 aromatic rings. The van der Waals surface area contributed by atoms with Crippen LogP contribution in [0.1, 0.15) is 37.0 Å². The van der Waals surface area contributed by atoms with Crippen molar-refractivity contribution in [3.8, 4) is 0 Å². The van der Waals surface area contributed by atoms with Crippen LogP contribution in [0, 0.1) is 0 Å². The lowest BCUT2D eigenvalue weighted by atomic mass is 10.1. The molecule has 0 atom stereocenters. The number of hydrogen-bond acceptors (Lipinski definition) is 4. The minimum Gasteiger partial charge on any atom is -0.297 e. The minimum atomic E-state index is -0.0370. The van der Waals surface area contributed by atoms with Gasteiger partial charge in [-0.3, -0.25) is 10.1 Å². The summed E-state index contributed by atoms with van der Waals surface area (Å²) in [6.45, 7) is 0. The zero-order valence-electron chi connectivity index (χ0n) is 12.5. The number of carbonyl (C=O) groups excluding carboxylic acids is 1. The van der Waals surface area contributed by atoms with Gasteiger partial charge in [0.05, 0.1) is 4.88 Å². The summed E-state index contributed by atoms with van der Waals surface area (Å²) in [5.74, 6) is -0.0370. The highest BCUT2D eigenvalue weighted by Crippen LogP contribution is 2.31. The molecule has 116 valence electrons. The molecular formula is C18H16N2OS2. The smallest absolute Gasteiger partial charge is 0.267 e. The van der Waals surface area contributed by atoms with Gasteiger partial charge in [-0.25, -0.2) is 4.98 Å². The first-order valence-electron chi connectivity index (χ1n) is 7.69. The van der Waals surface area contributed by atoms with Crippen molar-refractivity contribution in [2.75, 3.05) is 5.32 Å². The van der Waals surface area contributed by atoms with Crippen LogP contribution in [-0.2, 0) is 19.3 Å². The number of carbonyl (C=O) groups is 1. The molecule has 0 saturated heterocycles. The van der Waals surface area contributed by atoms with Crippen LogP contribution in [0.15, 0.2) is 42.6 Å². The van der Waals surface area contributed by atoms with E-state index in [-0.39, 0.29) is 5.91 Å². The third-order valence-electron chi connectivity index (χ3n) is 3.97. The lowest BCUT2D eigenvalue weighted by Crippen LogP contribution is -2.09. The van der Waals surface area contributed by atoms with Crippen LogP contribution in [-0.4, -0.2) is 10.9 Å². The second-order valence-electron chi connectivity index (χ2n) is 5.66. The fourth-order valence-corrected chi connectivity index (χ4v) is 4.83. The fraction of sp³-hybridized carbons (Fsp3) is 0.222. The standard InChI is InChI=1S/C18H16N2OS2/c21-17(16-10-13-7-4-8-15(13)23-16)20-18-19-11-14(22-18)9-12-5-2-1-3-6-12/h1-3,5-6,10-11H,4,7-9H2,(H,19,20,21). The predicted octanol–water partition coefficient (Wildman–Crippen LogP) is 4.54. The largest absolute Gasteiger partial charge is 0.297 e. The van der Waals surface area contributed by atoms with E-state index in [1.165, 1.54) is 22.4 Å². The third-order valence-corrected chi connectivity index (χ3v) is 6.11. The van der Waals surface area contributed by atoms with E-state index in [0.717, 1.165) is 29.0 Å². The van der Waals surface area contributed by atoms with Crippen molar-refractivity contribution in [3.63, 3.8) is 0 Å². The highest BCUT2D eigenvalue weighted by molar-refractivity contribution is 7.16. The van der Waals surface area contributed by atoms with Gasteiger partial charge in [0.1, 0.15) is 0 Å². The Morgan fingerprint density at radius 2 is 2.04 bits per heavy atom. The Bertz CT molecular complexity index is 814. The van der Waals surface area contributed by atoms with Crippen molar-refractivity contribution in [1.29, 1.82) is 0 Å². The number of benzene rings is 1. The van der Waals surface area contributed by atoms with Gasteiger partial charge >= 0.3 is 0 Å². The van der Waals surface area contributed by atoms with Crippen LogP contribution >= 0.6 is 22.7 Å². The Morgan fingerprint density at radius 3 is 2.87 bits per heavy atom. The van der Waals surface area contributed by atoms with Crippen LogP contribution in [0.3, 0.4) is 0 Å². The van der Waals surface area contributed by atoms with E-state index in [9.17, 15) is 4.79 Å². The highest BCUT2D eigenvalue weighted by Gasteiger charge is 2.19. The minimum absolute atomic E-state index is 0.0370. The van der Waals surface area contributed by atoms with Gasteiger partial charge in [0, 0.05) is 22.4 Å². The number of thiophene rings is 1. The molecule has 2 aromatic heterocycles. The number of nitrogens with zero attached hydrogens (tertiary/aromatic N) is 1. The van der Waals surface area contributed by atoms with E-state index in [1.54, 1.807) is 22.7 Å². The van der Waals surface area contributed by atoms with Crippen LogP contribution in [0.25, 0.3) is 0 Å². The number of hydrogen-bond donors (Lipinski definition) is 1. The van der Waals surface area contributed by atoms with Gasteiger partial charge in [-0.15, -0.1) is 22.7 Å². The van der Waals surface area contributed by atoms with E-state index in [4.69, 9.17) is 0 Å². The first-order chi connectivity index (χ1) is 11.3. The molecule has 1 N–H and O–H groups in total. The molecular weight excluding hydrogens is 324 g/mol. The topological polar surface area (TPSA) is 42.0 Å². The molecule has 1 aromatic carbocycles. The molecule has 2 heterocycles. The van der Waals surface area contributed by atoms with E-state index in [2.05, 4.69) is 22.4 Å². The summed E-state index contributed by atoms with van der Waals surface area (Å²) in [6, 6.07) is 12.3. The molecule has 0 bridgehead atoms. The monoisotopic (exact) mass is 340 g/mol. The summed E-state index contributed by atoms with van der Waals surface area (Å²) in [4.78, 5) is 20.0. The molecule has 0 unspecified atom stereocenters. The summed E-state index contributed by atoms with van der Waals surface area (Å²) in [6.07, 6.45) is 6.14. The number of aromatic nitrogens is 1. The molecule has 1 amide bonds. The second-order valence-corrected chi connectivity index (χ2v) is 7.91. The van der Waals surface area contributed by atoms with Crippen LogP contribution in [0.2, 0.25) is 0 Å². The van der Waals surface area contributed by atoms with Crippen molar-refractivity contribution in [3.05, 3.63) is 68.4 Å². The molecule has 0 saturated carbocycles. The molecule has 0 fully saturated rings. The van der Waals surface area contributed by atoms with Gasteiger partial charge in [-0.2, -0.15) is 0 Å². The molecule has 0 aliphatic heterocycles. The van der Waals surface area contributed by atoms with E-state index in [0.29, 0.717) is 5.13 Å². The van der Waals surface area contributed by atoms with Crippen LogP contribution in [0.4, 0.5) is 5.13 Å². The van der Waals surface area contributed by atoms with Crippen molar-refractivity contribution in [2.45, 2.75) is 25.7 Å². The zero-order chi connectivity index (χ0) is 15.6. The summed E-state index contributed by atoms with van der Waals surface area (Å²) in [5, 5.41) is 3.61. The van der Waals surface area contributed by atoms with Gasteiger partial charge < -0.3 is 0 Å².